The summed E-state index contributed by atoms with van der Waals surface area (Å²) in [7, 11) is 0. The molecule has 2 aliphatic rings. The van der Waals surface area contributed by atoms with E-state index in [1.165, 1.54) is 17.0 Å². The molecule has 0 bridgehead atoms. The molecule has 3 amide bonds. The maximum atomic E-state index is 13.7. The van der Waals surface area contributed by atoms with Crippen LogP contribution >= 0.6 is 0 Å². The van der Waals surface area contributed by atoms with E-state index in [0.29, 0.717) is 55.4 Å². The smallest absolute Gasteiger partial charge is 0.416 e. The molecule has 1 saturated heterocycles. The minimum Gasteiger partial charge on any atom is -0.463 e. The number of benzene rings is 3. The van der Waals surface area contributed by atoms with E-state index in [2.05, 4.69) is 16.8 Å². The van der Waals surface area contributed by atoms with E-state index in [0.717, 1.165) is 12.1 Å². The Morgan fingerprint density at radius 1 is 0.958 bits per heavy atom. The fraction of sp³-hybridized carbons (Fsp3) is 0.306. The molecule has 48 heavy (non-hydrogen) atoms. The first-order chi connectivity index (χ1) is 23.1. The van der Waals surface area contributed by atoms with Gasteiger partial charge >= 0.3 is 18.2 Å². The number of carbonyl (C=O) groups excluding carboxylic acids is 3. The molecule has 1 fully saturated rings. The lowest BCUT2D eigenvalue weighted by molar-refractivity contribution is -0.139. The van der Waals surface area contributed by atoms with Gasteiger partial charge in [-0.15, -0.1) is 6.58 Å². The molecule has 3 aromatic carbocycles. The van der Waals surface area contributed by atoms with Crippen molar-refractivity contribution in [3.05, 3.63) is 119 Å². The number of rotatable bonds is 10. The Hall–Kier alpha value is -5.10. The summed E-state index contributed by atoms with van der Waals surface area (Å²) in [4.78, 5) is 45.6. The number of nitrogens with one attached hydrogen (secondary N) is 1. The van der Waals surface area contributed by atoms with Gasteiger partial charge in [0.25, 0.3) is 5.91 Å². The van der Waals surface area contributed by atoms with Crippen molar-refractivity contribution in [3.8, 4) is 11.5 Å². The number of ether oxygens (including phenoxy) is 2. The minimum atomic E-state index is -4.49. The van der Waals surface area contributed by atoms with Crippen molar-refractivity contribution in [2.75, 3.05) is 45.9 Å². The summed E-state index contributed by atoms with van der Waals surface area (Å²) >= 11 is 0. The molecular formula is C36H37F3N4O5. The van der Waals surface area contributed by atoms with Gasteiger partial charge < -0.3 is 19.7 Å². The van der Waals surface area contributed by atoms with Gasteiger partial charge in [-0.05, 0) is 67.4 Å². The first kappa shape index (κ1) is 34.2. The van der Waals surface area contributed by atoms with Crippen molar-refractivity contribution >= 4 is 17.9 Å². The van der Waals surface area contributed by atoms with Crippen molar-refractivity contribution in [3.63, 3.8) is 0 Å². The van der Waals surface area contributed by atoms with Gasteiger partial charge in [0, 0.05) is 50.5 Å². The number of amides is 3. The molecule has 2 aliphatic heterocycles. The zero-order valence-electron chi connectivity index (χ0n) is 26.5. The maximum Gasteiger partial charge on any atom is 0.416 e. The summed E-state index contributed by atoms with van der Waals surface area (Å²) in [6, 6.07) is 19.3. The van der Waals surface area contributed by atoms with Crippen molar-refractivity contribution < 1.29 is 37.0 Å². The average molecular weight is 663 g/mol. The number of hydrogen-bond acceptors (Lipinski definition) is 6. The number of urea groups is 1. The molecule has 252 valence electrons. The fourth-order valence-electron chi connectivity index (χ4n) is 5.81. The molecule has 0 saturated carbocycles. The highest BCUT2D eigenvalue weighted by atomic mass is 19.4. The summed E-state index contributed by atoms with van der Waals surface area (Å²) in [6.45, 7) is 7.63. The molecule has 0 aromatic heterocycles. The van der Waals surface area contributed by atoms with Crippen LogP contribution in [0.5, 0.6) is 11.5 Å². The SMILES string of the molecule is C=CCN1C(=O)NC(c2cccc(Oc3ccccc3)c2)C(C(=O)OCC)=C1CN1CCCN(C(=O)c2ccc(C(F)(F)F)cc2)CC1. The van der Waals surface area contributed by atoms with Crippen LogP contribution < -0.4 is 10.1 Å². The largest absolute Gasteiger partial charge is 0.463 e. The third-order valence-electron chi connectivity index (χ3n) is 8.12. The molecule has 1 atom stereocenters. The Morgan fingerprint density at radius 2 is 1.69 bits per heavy atom. The lowest BCUT2D eigenvalue weighted by atomic mass is 9.94. The third kappa shape index (κ3) is 8.06. The van der Waals surface area contributed by atoms with Crippen LogP contribution in [0.25, 0.3) is 0 Å². The zero-order valence-corrected chi connectivity index (χ0v) is 26.5. The molecular weight excluding hydrogens is 625 g/mol. The third-order valence-corrected chi connectivity index (χ3v) is 8.12. The van der Waals surface area contributed by atoms with Gasteiger partial charge in [0.15, 0.2) is 0 Å². The Balaban J connectivity index is 1.42. The molecule has 1 N–H and O–H groups in total. The van der Waals surface area contributed by atoms with Gasteiger partial charge in [0.2, 0.25) is 0 Å². The number of para-hydroxylation sites is 1. The number of esters is 1. The molecule has 12 heteroatoms. The van der Waals surface area contributed by atoms with Crippen molar-refractivity contribution in [2.24, 2.45) is 0 Å². The highest BCUT2D eigenvalue weighted by Gasteiger charge is 2.39. The molecule has 0 aliphatic carbocycles. The predicted octanol–water partition coefficient (Wildman–Crippen LogP) is 6.42. The summed E-state index contributed by atoms with van der Waals surface area (Å²) in [5, 5.41) is 2.96. The standard InChI is InChI=1S/C36H37F3N4O5/c1-3-18-43-30(24-41-19-9-20-42(22-21-41)33(44)25-14-16-27(17-15-25)36(37,38)39)31(34(45)47-4-2)32(40-35(43)46)26-10-8-13-29(23-26)48-28-11-6-5-7-12-28/h3,5-8,10-17,23,32H,1,4,9,18-22,24H2,2H3,(H,40,46). The number of halogens is 3. The number of hydrogen-bond donors (Lipinski definition) is 1. The van der Waals surface area contributed by atoms with E-state index in [-0.39, 0.29) is 36.7 Å². The van der Waals surface area contributed by atoms with E-state index in [1.807, 2.05) is 30.3 Å². The minimum absolute atomic E-state index is 0.125. The second-order valence-electron chi connectivity index (χ2n) is 11.3. The summed E-state index contributed by atoms with van der Waals surface area (Å²) in [6.07, 6.45) is -2.34. The Bertz CT molecular complexity index is 1660. The van der Waals surface area contributed by atoms with Crippen LogP contribution in [0.1, 0.15) is 40.9 Å². The molecule has 5 rings (SSSR count). The van der Waals surface area contributed by atoms with Gasteiger partial charge in [0.1, 0.15) is 11.5 Å². The van der Waals surface area contributed by atoms with Crippen LogP contribution in [0.2, 0.25) is 0 Å². The first-order valence-electron chi connectivity index (χ1n) is 15.7. The van der Waals surface area contributed by atoms with Gasteiger partial charge in [-0.2, -0.15) is 13.2 Å². The normalized spacial score (nSPS) is 17.4. The van der Waals surface area contributed by atoms with Crippen molar-refractivity contribution in [1.82, 2.24) is 20.0 Å². The Labute approximate surface area is 277 Å². The van der Waals surface area contributed by atoms with Crippen LogP contribution in [0.3, 0.4) is 0 Å². The quantitative estimate of drug-likeness (QED) is 0.199. The lowest BCUT2D eigenvalue weighted by Gasteiger charge is -2.38. The average Bonchev–Trinajstić information content (AvgIpc) is 3.32. The molecule has 2 heterocycles. The first-order valence-corrected chi connectivity index (χ1v) is 15.7. The fourth-order valence-corrected chi connectivity index (χ4v) is 5.81. The number of nitrogens with zero attached hydrogens (tertiary/aromatic N) is 3. The van der Waals surface area contributed by atoms with Crippen LogP contribution in [0, 0.1) is 0 Å². The van der Waals surface area contributed by atoms with E-state index >= 15 is 0 Å². The monoisotopic (exact) mass is 662 g/mol. The van der Waals surface area contributed by atoms with Crippen molar-refractivity contribution in [2.45, 2.75) is 25.6 Å². The Morgan fingerprint density at radius 3 is 2.38 bits per heavy atom. The van der Waals surface area contributed by atoms with E-state index < -0.39 is 29.8 Å². The predicted molar refractivity (Wildman–Crippen MR) is 173 cm³/mol. The van der Waals surface area contributed by atoms with Gasteiger partial charge in [-0.3, -0.25) is 14.6 Å². The molecule has 9 nitrogen and oxygen atoms in total. The Kier molecular flexibility index (Phi) is 10.8. The second kappa shape index (κ2) is 15.2. The highest BCUT2D eigenvalue weighted by molar-refractivity contribution is 5.95. The molecule has 0 spiro atoms. The summed E-state index contributed by atoms with van der Waals surface area (Å²) in [5.41, 5.74) is 0.711. The van der Waals surface area contributed by atoms with Crippen LogP contribution in [-0.4, -0.2) is 78.5 Å². The summed E-state index contributed by atoms with van der Waals surface area (Å²) < 4.78 is 50.6. The van der Waals surface area contributed by atoms with Gasteiger partial charge in [-0.1, -0.05) is 36.4 Å². The van der Waals surface area contributed by atoms with Crippen LogP contribution in [0.4, 0.5) is 18.0 Å². The topological polar surface area (TPSA) is 91.4 Å². The number of carbonyl (C=O) groups is 3. The molecule has 1 unspecified atom stereocenters. The molecule has 3 aromatic rings. The lowest BCUT2D eigenvalue weighted by Crippen LogP contribution is -2.51. The highest BCUT2D eigenvalue weighted by Crippen LogP contribution is 2.35. The van der Waals surface area contributed by atoms with Crippen LogP contribution in [-0.2, 0) is 15.7 Å². The van der Waals surface area contributed by atoms with Crippen LogP contribution in [0.15, 0.2) is 103 Å². The van der Waals surface area contributed by atoms with E-state index in [4.69, 9.17) is 9.47 Å². The second-order valence-corrected chi connectivity index (χ2v) is 11.3. The molecule has 0 radical (unpaired) electrons. The van der Waals surface area contributed by atoms with Gasteiger partial charge in [-0.25, -0.2) is 9.59 Å². The van der Waals surface area contributed by atoms with Gasteiger partial charge in [0.05, 0.1) is 23.8 Å². The summed E-state index contributed by atoms with van der Waals surface area (Å²) in [5.74, 6) is 0.222. The maximum absolute atomic E-state index is 13.7. The van der Waals surface area contributed by atoms with E-state index in [1.54, 1.807) is 42.2 Å². The zero-order chi connectivity index (χ0) is 34.3. The number of alkyl halides is 3. The van der Waals surface area contributed by atoms with Crippen molar-refractivity contribution in [1.29, 1.82) is 0 Å². The van der Waals surface area contributed by atoms with E-state index in [9.17, 15) is 27.6 Å².